The third-order valence-corrected chi connectivity index (χ3v) is 3.02. The zero-order valence-electron chi connectivity index (χ0n) is 11.1. The second-order valence-corrected chi connectivity index (χ2v) is 5.03. The summed E-state index contributed by atoms with van der Waals surface area (Å²) in [5.74, 6) is 0. The van der Waals surface area contributed by atoms with Crippen LogP contribution in [-0.4, -0.2) is 17.3 Å². The summed E-state index contributed by atoms with van der Waals surface area (Å²) in [4.78, 5) is 0. The standard InChI is InChI=1S/C15H25NO/c1-3-4-5-9-12-15(2,17)13-16-14-10-7-6-8-11-14/h6-8,10-11,16-17H,3-5,9,12-13H2,1-2H3. The van der Waals surface area contributed by atoms with E-state index in [1.807, 2.05) is 37.3 Å². The van der Waals surface area contributed by atoms with Crippen molar-refractivity contribution < 1.29 is 5.11 Å². The first kappa shape index (κ1) is 14.0. The molecular weight excluding hydrogens is 210 g/mol. The van der Waals surface area contributed by atoms with Crippen molar-refractivity contribution in [2.24, 2.45) is 0 Å². The van der Waals surface area contributed by atoms with Gasteiger partial charge in [-0.15, -0.1) is 0 Å². The van der Waals surface area contributed by atoms with Gasteiger partial charge in [-0.2, -0.15) is 0 Å². The highest BCUT2D eigenvalue weighted by Gasteiger charge is 2.19. The van der Waals surface area contributed by atoms with Crippen molar-refractivity contribution in [3.05, 3.63) is 30.3 Å². The predicted molar refractivity (Wildman–Crippen MR) is 74.3 cm³/mol. The highest BCUT2D eigenvalue weighted by atomic mass is 16.3. The van der Waals surface area contributed by atoms with Gasteiger partial charge in [0.25, 0.3) is 0 Å². The summed E-state index contributed by atoms with van der Waals surface area (Å²) in [7, 11) is 0. The molecule has 0 spiro atoms. The number of nitrogens with one attached hydrogen (secondary N) is 1. The molecule has 96 valence electrons. The van der Waals surface area contributed by atoms with Gasteiger partial charge >= 0.3 is 0 Å². The largest absolute Gasteiger partial charge is 0.388 e. The molecule has 2 heteroatoms. The fourth-order valence-corrected chi connectivity index (χ4v) is 1.87. The molecule has 2 nitrogen and oxygen atoms in total. The van der Waals surface area contributed by atoms with Crippen LogP contribution in [0.4, 0.5) is 5.69 Å². The molecule has 1 rings (SSSR count). The minimum atomic E-state index is -0.608. The number of benzene rings is 1. The predicted octanol–water partition coefficient (Wildman–Crippen LogP) is 3.82. The molecule has 1 aromatic carbocycles. The Labute approximate surface area is 105 Å². The molecule has 0 aliphatic carbocycles. The first-order chi connectivity index (χ1) is 8.14. The van der Waals surface area contributed by atoms with Gasteiger partial charge in [0.2, 0.25) is 0 Å². The first-order valence-corrected chi connectivity index (χ1v) is 6.65. The number of hydrogen-bond donors (Lipinski definition) is 2. The topological polar surface area (TPSA) is 32.3 Å². The van der Waals surface area contributed by atoms with Crippen LogP contribution >= 0.6 is 0 Å². The SMILES string of the molecule is CCCCCCC(C)(O)CNc1ccccc1. The highest BCUT2D eigenvalue weighted by Crippen LogP contribution is 2.16. The molecule has 1 aromatic rings. The van der Waals surface area contributed by atoms with Crippen LogP contribution in [0.5, 0.6) is 0 Å². The molecule has 2 N–H and O–H groups in total. The Bertz CT molecular complexity index is 295. The maximum absolute atomic E-state index is 10.2. The summed E-state index contributed by atoms with van der Waals surface area (Å²) in [5, 5.41) is 13.5. The Hall–Kier alpha value is -1.02. The van der Waals surface area contributed by atoms with Crippen molar-refractivity contribution in [1.82, 2.24) is 0 Å². The molecule has 0 aliphatic heterocycles. The lowest BCUT2D eigenvalue weighted by Crippen LogP contribution is -2.33. The number of hydrogen-bond acceptors (Lipinski definition) is 2. The van der Waals surface area contributed by atoms with Gasteiger partial charge < -0.3 is 10.4 Å². The monoisotopic (exact) mass is 235 g/mol. The number of para-hydroxylation sites is 1. The molecule has 0 amide bonds. The molecule has 0 aliphatic rings. The van der Waals surface area contributed by atoms with Crippen LogP contribution in [-0.2, 0) is 0 Å². The van der Waals surface area contributed by atoms with E-state index in [-0.39, 0.29) is 0 Å². The maximum Gasteiger partial charge on any atom is 0.0791 e. The van der Waals surface area contributed by atoms with Crippen LogP contribution in [0.2, 0.25) is 0 Å². The van der Waals surface area contributed by atoms with E-state index in [1.165, 1.54) is 19.3 Å². The number of rotatable bonds is 8. The van der Waals surface area contributed by atoms with Gasteiger partial charge in [-0.05, 0) is 25.5 Å². The van der Waals surface area contributed by atoms with Crippen molar-refractivity contribution in [3.63, 3.8) is 0 Å². The summed E-state index contributed by atoms with van der Waals surface area (Å²) in [6, 6.07) is 10.0. The molecule has 0 saturated heterocycles. The van der Waals surface area contributed by atoms with Crippen LogP contribution in [0.25, 0.3) is 0 Å². The molecule has 0 fully saturated rings. The summed E-state index contributed by atoms with van der Waals surface area (Å²) in [6.45, 7) is 4.73. The van der Waals surface area contributed by atoms with E-state index in [2.05, 4.69) is 12.2 Å². The fraction of sp³-hybridized carbons (Fsp3) is 0.600. The molecule has 17 heavy (non-hydrogen) atoms. The van der Waals surface area contributed by atoms with Gasteiger partial charge in [-0.25, -0.2) is 0 Å². The van der Waals surface area contributed by atoms with Crippen molar-refractivity contribution in [2.75, 3.05) is 11.9 Å². The van der Waals surface area contributed by atoms with Crippen LogP contribution in [0.3, 0.4) is 0 Å². The van der Waals surface area contributed by atoms with Crippen molar-refractivity contribution in [2.45, 2.75) is 51.6 Å². The Morgan fingerprint density at radius 3 is 2.47 bits per heavy atom. The average molecular weight is 235 g/mol. The van der Waals surface area contributed by atoms with E-state index in [0.29, 0.717) is 6.54 Å². The summed E-state index contributed by atoms with van der Waals surface area (Å²) in [5.41, 5.74) is 0.463. The molecule has 0 aromatic heterocycles. The Morgan fingerprint density at radius 1 is 1.12 bits per heavy atom. The number of aliphatic hydroxyl groups is 1. The molecule has 1 atom stereocenters. The second kappa shape index (κ2) is 7.33. The van der Waals surface area contributed by atoms with E-state index in [1.54, 1.807) is 0 Å². The molecule has 0 bridgehead atoms. The van der Waals surface area contributed by atoms with Gasteiger partial charge in [0, 0.05) is 12.2 Å². The number of unbranched alkanes of at least 4 members (excludes halogenated alkanes) is 3. The van der Waals surface area contributed by atoms with Crippen molar-refractivity contribution in [1.29, 1.82) is 0 Å². The van der Waals surface area contributed by atoms with Gasteiger partial charge in [0.05, 0.1) is 5.60 Å². The second-order valence-electron chi connectivity index (χ2n) is 5.03. The van der Waals surface area contributed by atoms with Crippen LogP contribution in [0.15, 0.2) is 30.3 Å². The first-order valence-electron chi connectivity index (χ1n) is 6.65. The Morgan fingerprint density at radius 2 is 1.82 bits per heavy atom. The minimum absolute atomic E-state index is 0.608. The van der Waals surface area contributed by atoms with Crippen molar-refractivity contribution >= 4 is 5.69 Å². The quantitative estimate of drug-likeness (QED) is 0.671. The zero-order chi connectivity index (χ0) is 12.6. The molecule has 1 unspecified atom stereocenters. The summed E-state index contributed by atoms with van der Waals surface area (Å²) >= 11 is 0. The highest BCUT2D eigenvalue weighted by molar-refractivity contribution is 5.42. The van der Waals surface area contributed by atoms with Gasteiger partial charge in [-0.1, -0.05) is 50.8 Å². The van der Waals surface area contributed by atoms with Crippen LogP contribution in [0.1, 0.15) is 46.0 Å². The van der Waals surface area contributed by atoms with Crippen LogP contribution in [0, 0.1) is 0 Å². The lowest BCUT2D eigenvalue weighted by atomic mass is 9.98. The number of anilines is 1. The van der Waals surface area contributed by atoms with E-state index in [9.17, 15) is 5.11 Å². The maximum atomic E-state index is 10.2. The smallest absolute Gasteiger partial charge is 0.0791 e. The molecular formula is C15H25NO. The zero-order valence-corrected chi connectivity index (χ0v) is 11.1. The van der Waals surface area contributed by atoms with Gasteiger partial charge in [0.1, 0.15) is 0 Å². The van der Waals surface area contributed by atoms with Crippen LogP contribution < -0.4 is 5.32 Å². The van der Waals surface area contributed by atoms with Crippen molar-refractivity contribution in [3.8, 4) is 0 Å². The van der Waals surface area contributed by atoms with Gasteiger partial charge in [0.15, 0.2) is 0 Å². The molecule has 0 saturated carbocycles. The lowest BCUT2D eigenvalue weighted by Gasteiger charge is -2.24. The third-order valence-electron chi connectivity index (χ3n) is 3.02. The van der Waals surface area contributed by atoms with E-state index in [0.717, 1.165) is 18.5 Å². The van der Waals surface area contributed by atoms with E-state index < -0.39 is 5.60 Å². The molecule has 0 radical (unpaired) electrons. The normalized spacial score (nSPS) is 14.3. The van der Waals surface area contributed by atoms with Gasteiger partial charge in [-0.3, -0.25) is 0 Å². The Balaban J connectivity index is 2.24. The van der Waals surface area contributed by atoms with E-state index >= 15 is 0 Å². The fourth-order valence-electron chi connectivity index (χ4n) is 1.87. The molecule has 0 heterocycles. The third kappa shape index (κ3) is 6.32. The average Bonchev–Trinajstić information content (AvgIpc) is 2.34. The Kier molecular flexibility index (Phi) is 6.06. The summed E-state index contributed by atoms with van der Waals surface area (Å²) in [6.07, 6.45) is 5.70. The lowest BCUT2D eigenvalue weighted by molar-refractivity contribution is 0.0615. The van der Waals surface area contributed by atoms with E-state index in [4.69, 9.17) is 0 Å². The summed E-state index contributed by atoms with van der Waals surface area (Å²) < 4.78 is 0. The minimum Gasteiger partial charge on any atom is -0.388 e.